The summed E-state index contributed by atoms with van der Waals surface area (Å²) in [7, 11) is 0. The van der Waals surface area contributed by atoms with E-state index in [-0.39, 0.29) is 11.4 Å². The Morgan fingerprint density at radius 2 is 1.88 bits per heavy atom. The lowest BCUT2D eigenvalue weighted by molar-refractivity contribution is -0.152. The van der Waals surface area contributed by atoms with Crippen molar-refractivity contribution >= 4 is 22.6 Å². The van der Waals surface area contributed by atoms with Gasteiger partial charge in [-0.3, -0.25) is 4.79 Å². The fraction of sp³-hybridized carbons (Fsp3) is 0.550. The van der Waals surface area contributed by atoms with Gasteiger partial charge in [0.1, 0.15) is 12.1 Å². The monoisotopic (exact) mass is 354 g/mol. The summed E-state index contributed by atoms with van der Waals surface area (Å²) in [6, 6.07) is 8.02. The van der Waals surface area contributed by atoms with Gasteiger partial charge in [-0.2, -0.15) is 0 Å². The number of benzene rings is 1. The van der Waals surface area contributed by atoms with Crippen molar-refractivity contribution in [3.63, 3.8) is 0 Å². The molecule has 136 valence electrons. The van der Waals surface area contributed by atoms with Crippen molar-refractivity contribution in [2.45, 2.75) is 49.7 Å². The van der Waals surface area contributed by atoms with Crippen LogP contribution >= 0.6 is 0 Å². The highest BCUT2D eigenvalue weighted by Gasteiger charge is 2.53. The molecule has 5 rings (SSSR count). The maximum atomic E-state index is 14.7. The van der Waals surface area contributed by atoms with E-state index in [0.29, 0.717) is 25.9 Å². The number of para-hydroxylation sites is 1. The van der Waals surface area contributed by atoms with Crippen molar-refractivity contribution in [2.75, 3.05) is 24.5 Å². The van der Waals surface area contributed by atoms with Gasteiger partial charge >= 0.3 is 0 Å². The van der Waals surface area contributed by atoms with Crippen molar-refractivity contribution in [2.24, 2.45) is 0 Å². The highest BCUT2D eigenvalue weighted by atomic mass is 19.1. The van der Waals surface area contributed by atoms with Crippen LogP contribution in [0.25, 0.3) is 10.9 Å². The largest absolute Gasteiger partial charge is 0.348 e. The third kappa shape index (κ3) is 2.24. The fourth-order valence-electron chi connectivity index (χ4n) is 4.77. The van der Waals surface area contributed by atoms with Crippen LogP contribution in [-0.4, -0.2) is 51.6 Å². The van der Waals surface area contributed by atoms with Crippen LogP contribution in [0.3, 0.4) is 0 Å². The average Bonchev–Trinajstić information content (AvgIpc) is 2.65. The minimum absolute atomic E-state index is 0.106. The first kappa shape index (κ1) is 16.0. The molecule has 26 heavy (non-hydrogen) atoms. The standard InChI is InChI=1S/C20H23FN4O/c21-20(8-3-9-20)18(26)24-11-4-7-19(13-24)10-12-25(19)17-15-5-1-2-6-16(15)22-14-23-17/h1-2,5-6,14H,3-4,7-13H2. The van der Waals surface area contributed by atoms with Crippen molar-refractivity contribution in [1.29, 1.82) is 0 Å². The molecule has 3 fully saturated rings. The molecule has 0 bridgehead atoms. The van der Waals surface area contributed by atoms with Crippen molar-refractivity contribution in [1.82, 2.24) is 14.9 Å². The number of hydrogen-bond donors (Lipinski definition) is 0. The molecule has 2 aliphatic heterocycles. The first-order valence-electron chi connectivity index (χ1n) is 9.57. The average molecular weight is 354 g/mol. The summed E-state index contributed by atoms with van der Waals surface area (Å²) in [5, 5.41) is 1.04. The van der Waals surface area contributed by atoms with Crippen LogP contribution in [0.5, 0.6) is 0 Å². The molecule has 2 aromatic rings. The van der Waals surface area contributed by atoms with Crippen molar-refractivity contribution < 1.29 is 9.18 Å². The number of fused-ring (bicyclic) bond motifs is 1. The molecule has 1 spiro atoms. The molecule has 5 nitrogen and oxygen atoms in total. The highest BCUT2D eigenvalue weighted by Crippen LogP contribution is 2.45. The van der Waals surface area contributed by atoms with Crippen molar-refractivity contribution in [3.05, 3.63) is 30.6 Å². The zero-order valence-corrected chi connectivity index (χ0v) is 14.8. The van der Waals surface area contributed by atoms with Crippen molar-refractivity contribution in [3.8, 4) is 0 Å². The number of anilines is 1. The van der Waals surface area contributed by atoms with Crippen LogP contribution in [0.1, 0.15) is 38.5 Å². The Hall–Kier alpha value is -2.24. The van der Waals surface area contributed by atoms with Crippen LogP contribution < -0.4 is 4.90 Å². The van der Waals surface area contributed by atoms with E-state index < -0.39 is 5.67 Å². The van der Waals surface area contributed by atoms with Crippen LogP contribution in [0.2, 0.25) is 0 Å². The minimum atomic E-state index is -1.60. The molecule has 2 saturated heterocycles. The van der Waals surface area contributed by atoms with Gasteiger partial charge in [-0.15, -0.1) is 0 Å². The van der Waals surface area contributed by atoms with E-state index >= 15 is 0 Å². The Morgan fingerprint density at radius 1 is 1.04 bits per heavy atom. The molecule has 0 N–H and O–H groups in total. The summed E-state index contributed by atoms with van der Waals surface area (Å²) in [6.07, 6.45) is 6.16. The van der Waals surface area contributed by atoms with Gasteiger partial charge in [-0.05, 0) is 50.7 Å². The Morgan fingerprint density at radius 3 is 2.62 bits per heavy atom. The Kier molecular flexibility index (Phi) is 3.46. The Bertz CT molecular complexity index is 863. The maximum Gasteiger partial charge on any atom is 0.260 e. The lowest BCUT2D eigenvalue weighted by Crippen LogP contribution is -2.69. The number of piperidine rings is 1. The molecule has 1 unspecified atom stereocenters. The zero-order valence-electron chi connectivity index (χ0n) is 14.8. The van der Waals surface area contributed by atoms with Crippen LogP contribution in [0.15, 0.2) is 30.6 Å². The lowest BCUT2D eigenvalue weighted by atomic mass is 9.75. The summed E-state index contributed by atoms with van der Waals surface area (Å²) >= 11 is 0. The first-order chi connectivity index (χ1) is 12.6. The molecule has 1 aliphatic carbocycles. The number of aromatic nitrogens is 2. The van der Waals surface area contributed by atoms with Crippen LogP contribution in [-0.2, 0) is 4.79 Å². The third-order valence-corrected chi connectivity index (χ3v) is 6.52. The van der Waals surface area contributed by atoms with E-state index in [1.807, 2.05) is 24.3 Å². The van der Waals surface area contributed by atoms with E-state index in [4.69, 9.17) is 0 Å². The zero-order chi connectivity index (χ0) is 17.8. The van der Waals surface area contributed by atoms with Gasteiger partial charge < -0.3 is 9.80 Å². The number of amides is 1. The quantitative estimate of drug-likeness (QED) is 0.832. The molecule has 1 amide bonds. The van der Waals surface area contributed by atoms with Crippen LogP contribution in [0, 0.1) is 0 Å². The number of rotatable bonds is 2. The SMILES string of the molecule is O=C(N1CCCC2(CCN2c2ncnc3ccccc23)C1)C1(F)CCC1. The minimum Gasteiger partial charge on any atom is -0.348 e. The molecule has 6 heteroatoms. The number of carbonyl (C=O) groups is 1. The molecule has 3 heterocycles. The smallest absolute Gasteiger partial charge is 0.260 e. The number of nitrogens with zero attached hydrogens (tertiary/aromatic N) is 4. The Labute approximate surface area is 152 Å². The second-order valence-electron chi connectivity index (χ2n) is 7.99. The third-order valence-electron chi connectivity index (χ3n) is 6.52. The summed E-state index contributed by atoms with van der Waals surface area (Å²) in [4.78, 5) is 25.7. The van der Waals surface area contributed by atoms with Gasteiger partial charge in [0.15, 0.2) is 5.67 Å². The number of hydrogen-bond acceptors (Lipinski definition) is 4. The highest BCUT2D eigenvalue weighted by molar-refractivity contribution is 5.90. The summed E-state index contributed by atoms with van der Waals surface area (Å²) in [5.41, 5.74) is -0.777. The second kappa shape index (κ2) is 5.63. The van der Waals surface area contributed by atoms with E-state index in [1.165, 1.54) is 0 Å². The van der Waals surface area contributed by atoms with Gasteiger partial charge in [-0.1, -0.05) is 12.1 Å². The van der Waals surface area contributed by atoms with Gasteiger partial charge in [0.25, 0.3) is 5.91 Å². The second-order valence-corrected chi connectivity index (χ2v) is 7.99. The van der Waals surface area contributed by atoms with Gasteiger partial charge in [0.2, 0.25) is 0 Å². The van der Waals surface area contributed by atoms with E-state index in [0.717, 1.165) is 48.9 Å². The molecular weight excluding hydrogens is 331 g/mol. The predicted molar refractivity (Wildman–Crippen MR) is 97.7 cm³/mol. The predicted octanol–water partition coefficient (Wildman–Crippen LogP) is 3.09. The number of alkyl halides is 1. The molecule has 3 aliphatic rings. The molecule has 1 atom stereocenters. The summed E-state index contributed by atoms with van der Waals surface area (Å²) in [6.45, 7) is 2.20. The number of halogens is 1. The Balaban J connectivity index is 1.44. The maximum absolute atomic E-state index is 14.7. The normalized spacial score (nSPS) is 27.3. The summed E-state index contributed by atoms with van der Waals surface area (Å²) < 4.78 is 14.7. The molecule has 0 radical (unpaired) electrons. The van der Waals surface area contributed by atoms with E-state index in [2.05, 4.69) is 14.9 Å². The fourth-order valence-corrected chi connectivity index (χ4v) is 4.77. The summed E-state index contributed by atoms with van der Waals surface area (Å²) in [5.74, 6) is 0.650. The molecule has 1 aromatic carbocycles. The van der Waals surface area contributed by atoms with E-state index in [9.17, 15) is 9.18 Å². The van der Waals surface area contributed by atoms with Gasteiger partial charge in [0.05, 0.1) is 11.1 Å². The number of carbonyl (C=O) groups excluding carboxylic acids is 1. The molecule has 1 saturated carbocycles. The lowest BCUT2D eigenvalue weighted by Gasteiger charge is -2.58. The van der Waals surface area contributed by atoms with Gasteiger partial charge in [0, 0.05) is 25.0 Å². The molecule has 1 aromatic heterocycles. The molecular formula is C20H23FN4O. The topological polar surface area (TPSA) is 49.3 Å². The van der Waals surface area contributed by atoms with Gasteiger partial charge in [-0.25, -0.2) is 14.4 Å². The van der Waals surface area contributed by atoms with E-state index in [1.54, 1.807) is 11.2 Å². The first-order valence-corrected chi connectivity index (χ1v) is 9.57. The van der Waals surface area contributed by atoms with Crippen LogP contribution in [0.4, 0.5) is 10.2 Å². The number of likely N-dealkylation sites (tertiary alicyclic amines) is 1.